The maximum Gasteiger partial charge on any atom is 0.251 e. The molecule has 3 rings (SSSR count). The Morgan fingerprint density at radius 2 is 1.85 bits per heavy atom. The van der Waals surface area contributed by atoms with Crippen LogP contribution < -0.4 is 10.2 Å². The highest BCUT2D eigenvalue weighted by Crippen LogP contribution is 2.24. The number of rotatable bonds is 3. The van der Waals surface area contributed by atoms with Crippen molar-refractivity contribution in [3.63, 3.8) is 0 Å². The fourth-order valence-corrected chi connectivity index (χ4v) is 3.01. The molecular weight excluding hydrogens is 370 g/mol. The number of benzene rings is 2. The second kappa shape index (κ2) is 7.35. The zero-order valence-corrected chi connectivity index (χ0v) is 15.8. The monoisotopic (exact) mass is 385 g/mol. The Bertz CT molecular complexity index is 925. The van der Waals surface area contributed by atoms with Crippen LogP contribution in [0, 0.1) is 19.8 Å². The van der Waals surface area contributed by atoms with E-state index >= 15 is 0 Å². The minimum absolute atomic E-state index is 0.0405. The van der Waals surface area contributed by atoms with Gasteiger partial charge in [0, 0.05) is 11.2 Å². The smallest absolute Gasteiger partial charge is 0.251 e. The largest absolute Gasteiger partial charge is 0.301 e. The lowest BCUT2D eigenvalue weighted by atomic mass is 10.1. The molecule has 132 valence electrons. The van der Waals surface area contributed by atoms with Crippen molar-refractivity contribution in [2.45, 2.75) is 13.8 Å². The van der Waals surface area contributed by atoms with Gasteiger partial charge in [0.05, 0.1) is 11.4 Å². The second-order valence-electron chi connectivity index (χ2n) is 5.92. The van der Waals surface area contributed by atoms with Crippen LogP contribution in [0.1, 0.15) is 11.1 Å². The van der Waals surface area contributed by atoms with Gasteiger partial charge in [-0.05, 0) is 67.5 Å². The fraction of sp³-hybridized carbons (Fsp3) is 0.158. The van der Waals surface area contributed by atoms with Crippen molar-refractivity contribution < 1.29 is 9.59 Å². The van der Waals surface area contributed by atoms with E-state index in [0.29, 0.717) is 10.7 Å². The first kappa shape index (κ1) is 18.2. The average Bonchev–Trinajstić information content (AvgIpc) is 2.59. The summed E-state index contributed by atoms with van der Waals surface area (Å²) in [4.78, 5) is 30.8. The number of amides is 2. The van der Waals surface area contributed by atoms with E-state index in [0.717, 1.165) is 16.8 Å². The Balaban J connectivity index is 1.91. The molecule has 0 aromatic heterocycles. The summed E-state index contributed by atoms with van der Waals surface area (Å²) in [6.45, 7) is 3.92. The summed E-state index contributed by atoms with van der Waals surface area (Å²) in [5, 5.41) is 3.14. The van der Waals surface area contributed by atoms with Gasteiger partial charge in [0.15, 0.2) is 11.0 Å². The van der Waals surface area contributed by atoms with E-state index in [1.165, 1.54) is 11.1 Å². The van der Waals surface area contributed by atoms with E-state index in [2.05, 4.69) is 10.3 Å². The van der Waals surface area contributed by atoms with Gasteiger partial charge in [-0.2, -0.15) is 0 Å². The Morgan fingerprint density at radius 1 is 1.15 bits per heavy atom. The fourth-order valence-electron chi connectivity index (χ4n) is 2.59. The molecule has 1 aliphatic heterocycles. The molecule has 0 spiro atoms. The van der Waals surface area contributed by atoms with E-state index in [4.69, 9.17) is 23.8 Å². The molecule has 0 radical (unpaired) electrons. The van der Waals surface area contributed by atoms with Crippen LogP contribution in [0.5, 0.6) is 0 Å². The maximum atomic E-state index is 12.9. The molecule has 1 heterocycles. The summed E-state index contributed by atoms with van der Waals surface area (Å²) in [6.07, 6.45) is 1.37. The van der Waals surface area contributed by atoms with E-state index in [-0.39, 0.29) is 5.11 Å². The lowest BCUT2D eigenvalue weighted by Gasteiger charge is -2.30. The third kappa shape index (κ3) is 3.52. The van der Waals surface area contributed by atoms with E-state index in [1.54, 1.807) is 24.3 Å². The maximum absolute atomic E-state index is 12.9. The Hall–Kier alpha value is -2.57. The predicted octanol–water partition coefficient (Wildman–Crippen LogP) is 3.72. The molecule has 7 heteroatoms. The number of thiocarbonyl (C=S) groups is 1. The molecule has 1 N–H and O–H groups in total. The lowest BCUT2D eigenvalue weighted by Crippen LogP contribution is -2.58. The van der Waals surface area contributed by atoms with Crippen molar-refractivity contribution in [1.29, 1.82) is 0 Å². The van der Waals surface area contributed by atoms with Crippen LogP contribution in [-0.4, -0.2) is 23.1 Å². The van der Waals surface area contributed by atoms with E-state index < -0.39 is 17.7 Å². The highest BCUT2D eigenvalue weighted by Gasteiger charge is 2.38. The van der Waals surface area contributed by atoms with Crippen molar-refractivity contribution in [3.05, 3.63) is 58.6 Å². The van der Waals surface area contributed by atoms with Gasteiger partial charge < -0.3 is 5.32 Å². The summed E-state index contributed by atoms with van der Waals surface area (Å²) >= 11 is 11.1. The van der Waals surface area contributed by atoms with Crippen molar-refractivity contribution in [2.75, 3.05) is 4.90 Å². The standard InChI is InChI=1S/C19H16ClN3O2S/c1-11-4-3-5-16(12(11)2)21-10-15-17(24)22-19(26)23(18(15)25)14-8-6-13(20)7-9-14/h3-10,15H,1-2H3,(H,22,24,26)/t15-/m1/s1. The Morgan fingerprint density at radius 3 is 2.54 bits per heavy atom. The lowest BCUT2D eigenvalue weighted by molar-refractivity contribution is -0.130. The third-order valence-electron chi connectivity index (χ3n) is 4.23. The predicted molar refractivity (Wildman–Crippen MR) is 107 cm³/mol. The van der Waals surface area contributed by atoms with E-state index in [1.807, 2.05) is 32.0 Å². The molecule has 2 aromatic rings. The highest BCUT2D eigenvalue weighted by atomic mass is 35.5. The van der Waals surface area contributed by atoms with Gasteiger partial charge in [-0.3, -0.25) is 19.5 Å². The molecule has 1 fully saturated rings. The molecular formula is C19H16ClN3O2S. The first-order valence-corrected chi connectivity index (χ1v) is 8.72. The number of hydrogen-bond acceptors (Lipinski definition) is 4. The van der Waals surface area contributed by atoms with Crippen LogP contribution in [0.2, 0.25) is 5.02 Å². The molecule has 1 saturated heterocycles. The minimum Gasteiger partial charge on any atom is -0.301 e. The highest BCUT2D eigenvalue weighted by molar-refractivity contribution is 7.80. The number of halogens is 1. The summed E-state index contributed by atoms with van der Waals surface area (Å²) < 4.78 is 0. The number of aliphatic imine (C=N–C) groups is 1. The quantitative estimate of drug-likeness (QED) is 0.497. The SMILES string of the molecule is Cc1cccc(N=C[C@@H]2C(=O)NC(=S)N(c3ccc(Cl)cc3)C2=O)c1C. The van der Waals surface area contributed by atoms with Gasteiger partial charge in [0.1, 0.15) is 0 Å². The summed E-state index contributed by atoms with van der Waals surface area (Å²) in [5.41, 5.74) is 3.34. The minimum atomic E-state index is -1.06. The van der Waals surface area contributed by atoms with Crippen LogP contribution in [0.3, 0.4) is 0 Å². The van der Waals surface area contributed by atoms with Crippen LogP contribution in [0.15, 0.2) is 47.5 Å². The first-order chi connectivity index (χ1) is 12.4. The molecule has 2 aromatic carbocycles. The van der Waals surface area contributed by atoms with Gasteiger partial charge in [0.25, 0.3) is 5.91 Å². The molecule has 1 aliphatic rings. The van der Waals surface area contributed by atoms with Crippen molar-refractivity contribution >= 4 is 58.3 Å². The normalized spacial score (nSPS) is 17.7. The molecule has 0 saturated carbocycles. The van der Waals surface area contributed by atoms with Crippen LogP contribution in [-0.2, 0) is 9.59 Å². The number of aryl methyl sites for hydroxylation is 1. The summed E-state index contributed by atoms with van der Waals surface area (Å²) in [6, 6.07) is 12.3. The zero-order valence-electron chi connectivity index (χ0n) is 14.2. The zero-order chi connectivity index (χ0) is 18.8. The third-order valence-corrected chi connectivity index (χ3v) is 4.76. The van der Waals surface area contributed by atoms with Gasteiger partial charge in [0.2, 0.25) is 5.91 Å². The molecule has 1 atom stereocenters. The molecule has 2 amide bonds. The van der Waals surface area contributed by atoms with Crippen LogP contribution in [0.4, 0.5) is 11.4 Å². The molecule has 26 heavy (non-hydrogen) atoms. The number of hydrogen-bond donors (Lipinski definition) is 1. The van der Waals surface area contributed by atoms with Crippen LogP contribution in [0.25, 0.3) is 0 Å². The van der Waals surface area contributed by atoms with Crippen LogP contribution >= 0.6 is 23.8 Å². The van der Waals surface area contributed by atoms with Gasteiger partial charge in [-0.15, -0.1) is 0 Å². The van der Waals surface area contributed by atoms with Gasteiger partial charge in [-0.1, -0.05) is 23.7 Å². The number of carbonyl (C=O) groups is 2. The summed E-state index contributed by atoms with van der Waals surface area (Å²) in [5.74, 6) is -1.99. The number of anilines is 1. The molecule has 0 unspecified atom stereocenters. The van der Waals surface area contributed by atoms with E-state index in [9.17, 15) is 9.59 Å². The Kier molecular flexibility index (Phi) is 5.15. The average molecular weight is 386 g/mol. The number of nitrogens with zero attached hydrogens (tertiary/aromatic N) is 2. The van der Waals surface area contributed by atoms with Crippen molar-refractivity contribution in [1.82, 2.24) is 5.32 Å². The number of nitrogens with one attached hydrogen (secondary N) is 1. The van der Waals surface area contributed by atoms with Crippen molar-refractivity contribution in [3.8, 4) is 0 Å². The van der Waals surface area contributed by atoms with Gasteiger partial charge in [-0.25, -0.2) is 0 Å². The molecule has 0 aliphatic carbocycles. The Labute approximate surface area is 161 Å². The molecule has 0 bridgehead atoms. The summed E-state index contributed by atoms with van der Waals surface area (Å²) in [7, 11) is 0. The molecule has 5 nitrogen and oxygen atoms in total. The second-order valence-corrected chi connectivity index (χ2v) is 6.74. The first-order valence-electron chi connectivity index (χ1n) is 7.93. The number of carbonyl (C=O) groups excluding carboxylic acids is 2. The topological polar surface area (TPSA) is 61.8 Å². The van der Waals surface area contributed by atoms with Crippen molar-refractivity contribution in [2.24, 2.45) is 10.9 Å². The van der Waals surface area contributed by atoms with Gasteiger partial charge >= 0.3 is 0 Å².